The summed E-state index contributed by atoms with van der Waals surface area (Å²) in [5, 5.41) is 6.22. The van der Waals surface area contributed by atoms with Gasteiger partial charge in [0.25, 0.3) is 0 Å². The van der Waals surface area contributed by atoms with Crippen LogP contribution in [-0.2, 0) is 24.7 Å². The van der Waals surface area contributed by atoms with E-state index in [1.54, 1.807) is 26.8 Å². The van der Waals surface area contributed by atoms with Gasteiger partial charge in [0.05, 0.1) is 16.4 Å². The number of para-hydroxylation sites is 1. The Hall–Kier alpha value is -2.12. The highest BCUT2D eigenvalue weighted by Crippen LogP contribution is 2.54. The standard InChI is InChI=1S/C19H19ClN2O4S/c1-17(2)9-19(14(23)25-17)10-18(3,26-15(19)24)13-8-27-16(22-13)21-12-7-5-4-6-11(12)20/h4-8H,9-10H2,1-3H3,(H,21,22)/t18-,19-/m1/s1. The fourth-order valence-corrected chi connectivity index (χ4v) is 4.88. The average Bonchev–Trinajstić information content (AvgIpc) is 3.19. The second-order valence-corrected chi connectivity index (χ2v) is 9.11. The fourth-order valence-electron chi connectivity index (χ4n) is 3.85. The van der Waals surface area contributed by atoms with Crippen molar-refractivity contribution in [3.63, 3.8) is 0 Å². The molecule has 0 unspecified atom stereocenters. The number of carbonyl (C=O) groups is 2. The molecule has 0 radical (unpaired) electrons. The number of hydrogen-bond acceptors (Lipinski definition) is 7. The van der Waals surface area contributed by atoms with Gasteiger partial charge in [-0.2, -0.15) is 0 Å². The molecule has 0 amide bonds. The molecule has 1 spiro atoms. The summed E-state index contributed by atoms with van der Waals surface area (Å²) in [6, 6.07) is 7.36. The van der Waals surface area contributed by atoms with Crippen molar-refractivity contribution in [1.29, 1.82) is 0 Å². The van der Waals surface area contributed by atoms with Gasteiger partial charge < -0.3 is 14.8 Å². The van der Waals surface area contributed by atoms with Gasteiger partial charge in [0.15, 0.2) is 16.1 Å². The quantitative estimate of drug-likeness (QED) is 0.600. The lowest BCUT2D eigenvalue weighted by atomic mass is 9.75. The van der Waals surface area contributed by atoms with Crippen LogP contribution in [-0.4, -0.2) is 22.5 Å². The zero-order valence-electron chi connectivity index (χ0n) is 15.2. The Balaban J connectivity index is 1.60. The SMILES string of the molecule is CC1(C)C[C@@]2(C[C@](C)(c3csc(Nc4ccccc4Cl)n3)OC2=O)C(=O)O1. The second-order valence-electron chi connectivity index (χ2n) is 7.85. The maximum Gasteiger partial charge on any atom is 0.324 e. The topological polar surface area (TPSA) is 77.5 Å². The smallest absolute Gasteiger partial charge is 0.324 e. The number of rotatable bonds is 3. The number of cyclic esters (lactones) is 2. The molecule has 2 aliphatic rings. The highest BCUT2D eigenvalue weighted by molar-refractivity contribution is 7.13. The normalized spacial score (nSPS) is 29.0. The van der Waals surface area contributed by atoms with Gasteiger partial charge in [-0.25, -0.2) is 4.98 Å². The summed E-state index contributed by atoms with van der Waals surface area (Å²) in [6.45, 7) is 5.39. The van der Waals surface area contributed by atoms with Crippen LogP contribution in [0.15, 0.2) is 29.6 Å². The van der Waals surface area contributed by atoms with Crippen molar-refractivity contribution in [1.82, 2.24) is 4.98 Å². The van der Waals surface area contributed by atoms with Crippen molar-refractivity contribution in [2.24, 2.45) is 5.41 Å². The number of halogens is 1. The van der Waals surface area contributed by atoms with Gasteiger partial charge in [-0.1, -0.05) is 23.7 Å². The molecular weight excluding hydrogens is 388 g/mol. The third-order valence-electron chi connectivity index (χ3n) is 5.00. The van der Waals surface area contributed by atoms with Crippen LogP contribution in [0.5, 0.6) is 0 Å². The lowest BCUT2D eigenvalue weighted by Gasteiger charge is -2.20. The summed E-state index contributed by atoms with van der Waals surface area (Å²) in [7, 11) is 0. The minimum atomic E-state index is -1.25. The maximum absolute atomic E-state index is 12.6. The van der Waals surface area contributed by atoms with E-state index in [1.807, 2.05) is 23.6 Å². The number of ether oxygens (including phenoxy) is 2. The van der Waals surface area contributed by atoms with Gasteiger partial charge in [-0.3, -0.25) is 9.59 Å². The van der Waals surface area contributed by atoms with E-state index in [1.165, 1.54) is 11.3 Å². The minimum absolute atomic E-state index is 0.219. The van der Waals surface area contributed by atoms with Crippen molar-refractivity contribution >= 4 is 45.7 Å². The molecule has 2 fully saturated rings. The summed E-state index contributed by atoms with van der Waals surface area (Å²) in [5.74, 6) is -1.04. The highest BCUT2D eigenvalue weighted by Gasteiger charge is 2.67. The summed E-state index contributed by atoms with van der Waals surface area (Å²) in [4.78, 5) is 29.7. The molecule has 1 aromatic heterocycles. The van der Waals surface area contributed by atoms with E-state index in [0.29, 0.717) is 22.3 Å². The van der Waals surface area contributed by atoms with E-state index in [9.17, 15) is 9.59 Å². The number of aromatic nitrogens is 1. The minimum Gasteiger partial charge on any atom is -0.459 e. The van der Waals surface area contributed by atoms with Crippen LogP contribution in [0, 0.1) is 5.41 Å². The number of nitrogens with one attached hydrogen (secondary N) is 1. The van der Waals surface area contributed by atoms with Crippen LogP contribution in [0.2, 0.25) is 5.02 Å². The van der Waals surface area contributed by atoms with E-state index < -0.39 is 28.6 Å². The zero-order valence-corrected chi connectivity index (χ0v) is 16.7. The summed E-state index contributed by atoms with van der Waals surface area (Å²) >= 11 is 7.56. The molecule has 0 aliphatic carbocycles. The Morgan fingerprint density at radius 3 is 2.48 bits per heavy atom. The van der Waals surface area contributed by atoms with E-state index in [-0.39, 0.29) is 6.42 Å². The molecule has 142 valence electrons. The number of thiazole rings is 1. The lowest BCUT2D eigenvalue weighted by molar-refractivity contribution is -0.161. The highest BCUT2D eigenvalue weighted by atomic mass is 35.5. The van der Waals surface area contributed by atoms with Crippen LogP contribution in [0.3, 0.4) is 0 Å². The van der Waals surface area contributed by atoms with Crippen LogP contribution in [0.1, 0.15) is 39.3 Å². The fraction of sp³-hybridized carbons (Fsp3) is 0.421. The molecule has 6 nitrogen and oxygen atoms in total. The van der Waals surface area contributed by atoms with Gasteiger partial charge in [0.2, 0.25) is 0 Å². The molecule has 0 bridgehead atoms. The predicted octanol–water partition coefficient (Wildman–Crippen LogP) is 4.41. The molecule has 8 heteroatoms. The Morgan fingerprint density at radius 1 is 1.11 bits per heavy atom. The Bertz CT molecular complexity index is 943. The van der Waals surface area contributed by atoms with Crippen LogP contribution >= 0.6 is 22.9 Å². The third-order valence-corrected chi connectivity index (χ3v) is 6.08. The first-order valence-corrected chi connectivity index (χ1v) is 9.84. The number of nitrogens with zero attached hydrogens (tertiary/aromatic N) is 1. The largest absolute Gasteiger partial charge is 0.459 e. The van der Waals surface area contributed by atoms with E-state index in [4.69, 9.17) is 21.1 Å². The molecule has 2 aromatic rings. The third kappa shape index (κ3) is 2.99. The average molecular weight is 407 g/mol. The first kappa shape index (κ1) is 18.3. The van der Waals surface area contributed by atoms with Crippen molar-refractivity contribution in [2.75, 3.05) is 5.32 Å². The number of hydrogen-bond donors (Lipinski definition) is 1. The van der Waals surface area contributed by atoms with Gasteiger partial charge in [0, 0.05) is 18.2 Å². The number of esters is 2. The van der Waals surface area contributed by atoms with Crippen LogP contribution in [0.4, 0.5) is 10.8 Å². The van der Waals surface area contributed by atoms with Crippen molar-refractivity contribution in [3.05, 3.63) is 40.4 Å². The molecule has 1 N–H and O–H groups in total. The molecule has 4 rings (SSSR count). The van der Waals surface area contributed by atoms with Crippen LogP contribution in [0.25, 0.3) is 0 Å². The van der Waals surface area contributed by atoms with E-state index in [2.05, 4.69) is 10.3 Å². The Morgan fingerprint density at radius 2 is 1.81 bits per heavy atom. The molecule has 3 heterocycles. The van der Waals surface area contributed by atoms with Gasteiger partial charge >= 0.3 is 11.9 Å². The molecule has 0 saturated carbocycles. The molecule has 2 saturated heterocycles. The van der Waals surface area contributed by atoms with E-state index >= 15 is 0 Å². The first-order valence-electron chi connectivity index (χ1n) is 8.58. The summed E-state index contributed by atoms with van der Waals surface area (Å²) in [5.41, 5.74) is -1.57. The van der Waals surface area contributed by atoms with Crippen molar-refractivity contribution in [3.8, 4) is 0 Å². The second kappa shape index (κ2) is 5.94. The molecule has 1 aromatic carbocycles. The summed E-state index contributed by atoms with van der Waals surface area (Å²) < 4.78 is 11.1. The van der Waals surface area contributed by atoms with Crippen molar-refractivity contribution in [2.45, 2.75) is 44.8 Å². The zero-order chi connectivity index (χ0) is 19.4. The number of anilines is 2. The molecule has 2 atom stereocenters. The predicted molar refractivity (Wildman–Crippen MR) is 102 cm³/mol. The lowest BCUT2D eigenvalue weighted by Crippen LogP contribution is -2.32. The van der Waals surface area contributed by atoms with E-state index in [0.717, 1.165) is 5.69 Å². The van der Waals surface area contributed by atoms with Crippen molar-refractivity contribution < 1.29 is 19.1 Å². The van der Waals surface area contributed by atoms with Gasteiger partial charge in [-0.15, -0.1) is 11.3 Å². The van der Waals surface area contributed by atoms with Gasteiger partial charge in [0.1, 0.15) is 5.60 Å². The molecule has 27 heavy (non-hydrogen) atoms. The van der Waals surface area contributed by atoms with Gasteiger partial charge in [-0.05, 0) is 32.9 Å². The summed E-state index contributed by atoms with van der Waals surface area (Å²) in [6.07, 6.45) is 0.526. The number of benzene rings is 1. The molecular formula is C19H19ClN2O4S. The van der Waals surface area contributed by atoms with Crippen LogP contribution < -0.4 is 5.32 Å². The first-order chi connectivity index (χ1) is 12.6. The number of carbonyl (C=O) groups excluding carboxylic acids is 2. The molecule has 2 aliphatic heterocycles. The monoisotopic (exact) mass is 406 g/mol. The maximum atomic E-state index is 12.6. The Kier molecular flexibility index (Phi) is 4.01. The Labute approximate surface area is 165 Å².